The minimum absolute atomic E-state index is 0.0130. The van der Waals surface area contributed by atoms with Crippen LogP contribution in [-0.2, 0) is 73.3 Å². The van der Waals surface area contributed by atoms with Gasteiger partial charge in [0.25, 0.3) is 0 Å². The van der Waals surface area contributed by atoms with Crippen molar-refractivity contribution in [2.75, 3.05) is 105 Å². The summed E-state index contributed by atoms with van der Waals surface area (Å²) in [7, 11) is 17.0. The van der Waals surface area contributed by atoms with Crippen LogP contribution in [0.5, 0.6) is 0 Å². The Balaban J connectivity index is 1.35. The molecule has 0 bridgehead atoms. The SMILES string of the molecule is CCC(C)C(C(CC(=O)C1CCC(C(OC)C(C)C(=O)NC(CCSC)C(=O)Nc2ccc(Cc3ccc(NC(=O)C(CCSC)NC(=O)C(C)C(OC)C4CCC(C(=O)CC(OC)C(C(C)CC)N(C)C(=O)C(NC(=O)C(C(C)C)N(C)C)C(C)C)N4)cc3)cc2)N1)OC)N(C)C(=O)C(NC(=O)C(C(C)C)N(C)C)C(C)C. The Hall–Kier alpha value is -6.08. The van der Waals surface area contributed by atoms with E-state index in [1.54, 1.807) is 75.5 Å². The minimum Gasteiger partial charge on any atom is -0.379 e. The molecule has 4 rings (SSSR count). The number of ketones is 2. The van der Waals surface area contributed by atoms with Gasteiger partial charge in [-0.2, -0.15) is 23.5 Å². The molecule has 0 saturated carbocycles. The molecule has 2 aliphatic heterocycles. The summed E-state index contributed by atoms with van der Waals surface area (Å²) < 4.78 is 24.2. The number of rotatable bonds is 50. The van der Waals surface area contributed by atoms with Gasteiger partial charge in [-0.05, 0) is 168 Å². The van der Waals surface area contributed by atoms with Crippen LogP contribution < -0.4 is 42.5 Å². The van der Waals surface area contributed by atoms with Crippen LogP contribution in [0.4, 0.5) is 11.4 Å². The molecule has 20 atom stereocenters. The van der Waals surface area contributed by atoms with Crippen molar-refractivity contribution in [1.29, 1.82) is 0 Å². The third-order valence-corrected chi connectivity index (χ3v) is 24.5. The van der Waals surface area contributed by atoms with Crippen LogP contribution in [0.1, 0.15) is 172 Å². The molecule has 20 unspecified atom stereocenters. The Morgan fingerprint density at radius 2 is 0.770 bits per heavy atom. The first-order valence-electron chi connectivity index (χ1n) is 40.9. The van der Waals surface area contributed by atoms with Crippen molar-refractivity contribution in [1.82, 2.24) is 51.5 Å². The van der Waals surface area contributed by atoms with Crippen molar-refractivity contribution < 1.29 is 66.9 Å². The maximum atomic E-state index is 14.4. The van der Waals surface area contributed by atoms with Gasteiger partial charge in [0.15, 0.2) is 11.6 Å². The summed E-state index contributed by atoms with van der Waals surface area (Å²) in [5.74, 6) is -3.33. The van der Waals surface area contributed by atoms with Crippen molar-refractivity contribution in [3.8, 4) is 0 Å². The minimum atomic E-state index is -0.862. The average Bonchev–Trinajstić information content (AvgIpc) is 1.62. The number of thioether (sulfide) groups is 2. The number of likely N-dealkylation sites (N-methyl/N-ethyl adjacent to an activating group) is 4. The molecule has 8 amide bonds. The van der Waals surface area contributed by atoms with E-state index >= 15 is 0 Å². The van der Waals surface area contributed by atoms with E-state index in [-0.39, 0.29) is 119 Å². The van der Waals surface area contributed by atoms with Gasteiger partial charge >= 0.3 is 0 Å². The Kier molecular flexibility index (Phi) is 42.7. The number of Topliss-reactive ketones (excluding diaryl/α,β-unsaturated/α-hetero) is 2. The van der Waals surface area contributed by atoms with E-state index in [2.05, 4.69) is 42.5 Å². The first-order chi connectivity index (χ1) is 53.3. The number of nitrogens with one attached hydrogen (secondary N) is 8. The quantitative estimate of drug-likeness (QED) is 0.0309. The van der Waals surface area contributed by atoms with E-state index < -0.39 is 96.7 Å². The Bertz CT molecular complexity index is 3100. The van der Waals surface area contributed by atoms with Crippen molar-refractivity contribution in [3.05, 3.63) is 59.7 Å². The van der Waals surface area contributed by atoms with E-state index in [0.29, 0.717) is 80.7 Å². The fourth-order valence-corrected chi connectivity index (χ4v) is 17.3. The predicted octanol–water partition coefficient (Wildman–Crippen LogP) is 8.32. The molecule has 8 N–H and O–H groups in total. The molecule has 2 fully saturated rings. The largest absolute Gasteiger partial charge is 0.379 e. The summed E-state index contributed by atoms with van der Waals surface area (Å²) in [6.07, 6.45) is 6.14. The zero-order valence-electron chi connectivity index (χ0n) is 73.0. The lowest BCUT2D eigenvalue weighted by Crippen LogP contribution is -2.59. The topological polar surface area (TPSA) is 317 Å². The third-order valence-electron chi connectivity index (χ3n) is 23.2. The Morgan fingerprint density at radius 3 is 1.04 bits per heavy atom. The molecule has 0 aromatic heterocycles. The van der Waals surface area contributed by atoms with Crippen molar-refractivity contribution in [3.63, 3.8) is 0 Å². The highest BCUT2D eigenvalue weighted by Crippen LogP contribution is 2.31. The molecule has 0 spiro atoms. The van der Waals surface area contributed by atoms with E-state index in [1.165, 1.54) is 14.2 Å². The Labute approximate surface area is 685 Å². The van der Waals surface area contributed by atoms with Crippen LogP contribution in [0.2, 0.25) is 0 Å². The van der Waals surface area contributed by atoms with Gasteiger partial charge in [0.1, 0.15) is 24.2 Å². The maximum absolute atomic E-state index is 14.4. The van der Waals surface area contributed by atoms with Gasteiger partial charge in [0.2, 0.25) is 47.3 Å². The van der Waals surface area contributed by atoms with Crippen molar-refractivity contribution in [2.24, 2.45) is 47.3 Å². The zero-order chi connectivity index (χ0) is 85.0. The lowest BCUT2D eigenvalue weighted by atomic mass is 9.88. The van der Waals surface area contributed by atoms with E-state index in [0.717, 1.165) is 11.1 Å². The van der Waals surface area contributed by atoms with Crippen molar-refractivity contribution in [2.45, 2.75) is 264 Å². The average molecular weight is 1620 g/mol. The zero-order valence-corrected chi connectivity index (χ0v) is 74.6. The number of carbonyl (C=O) groups excluding carboxylic acids is 10. The number of nitrogens with zero attached hydrogens (tertiary/aromatic N) is 4. The van der Waals surface area contributed by atoms with Crippen LogP contribution in [0, 0.1) is 47.3 Å². The number of benzene rings is 2. The molecule has 640 valence electrons. The smallest absolute Gasteiger partial charge is 0.246 e. The van der Waals surface area contributed by atoms with E-state index in [9.17, 15) is 47.9 Å². The third kappa shape index (κ3) is 28.6. The molecular formula is C85H144N12O14S2. The highest BCUT2D eigenvalue weighted by Gasteiger charge is 2.46. The standard InChI is InChI=1S/C85H144N12O14S2/c1-27-52(11)74(96(19)84(106)70(48(3)4)92-82(104)72(50(7)8)94(15)16)68(108-21)46-66(98)60-37-39-62(88-60)76(110-23)54(13)78(100)90-64(41-43-112-25)80(102)86-58-33-29-56(30-34-58)45-57-31-35-59(36-32-57)87-81(103)65(42-44-113-26)91-79(101)55(14)77(111-24)63-40-38-61(89-63)67(99)47-69(109-22)75(53(12)28-2)97(20)85(107)71(49(5)6)93-83(105)73(51(9)10)95(17)18/h29-36,48-55,60-65,68-77,88-89H,27-28,37-47H2,1-26H3,(H,86,102)(H,87,103)(H,90,100)(H,91,101)(H,92,104)(H,93,105). The molecule has 2 aromatic carbocycles. The van der Waals surface area contributed by atoms with Crippen molar-refractivity contribution >= 4 is 93.7 Å². The lowest BCUT2D eigenvalue weighted by Gasteiger charge is -2.40. The number of carbonyl (C=O) groups is 10. The second-order valence-corrected chi connectivity index (χ2v) is 35.3. The lowest BCUT2D eigenvalue weighted by molar-refractivity contribution is -0.144. The summed E-state index contributed by atoms with van der Waals surface area (Å²) >= 11 is 3.12. The van der Waals surface area contributed by atoms with E-state index in [4.69, 9.17) is 18.9 Å². The number of ether oxygens (including phenoxy) is 4. The predicted molar refractivity (Wildman–Crippen MR) is 454 cm³/mol. The first kappa shape index (κ1) is 99.3. The van der Waals surface area contributed by atoms with Gasteiger partial charge in [-0.3, -0.25) is 57.7 Å². The molecule has 0 radical (unpaired) electrons. The molecule has 2 heterocycles. The fraction of sp³-hybridized carbons (Fsp3) is 0.741. The van der Waals surface area contributed by atoms with Crippen LogP contribution in [0.3, 0.4) is 0 Å². The van der Waals surface area contributed by atoms with E-state index in [1.807, 2.05) is 182 Å². The van der Waals surface area contributed by atoms with Crippen LogP contribution >= 0.6 is 23.5 Å². The molecule has 2 saturated heterocycles. The molecular weight excluding hydrogens is 1480 g/mol. The van der Waals surface area contributed by atoms with Gasteiger partial charge in [-0.1, -0.05) is 134 Å². The number of hydrogen-bond acceptors (Lipinski definition) is 20. The second kappa shape index (κ2) is 48.6. The number of methoxy groups -OCH3 is 4. The highest BCUT2D eigenvalue weighted by molar-refractivity contribution is 7.98. The molecule has 2 aromatic rings. The molecule has 113 heavy (non-hydrogen) atoms. The maximum Gasteiger partial charge on any atom is 0.246 e. The summed E-state index contributed by atoms with van der Waals surface area (Å²) in [6.45, 7) is 27.2. The number of amides is 8. The van der Waals surface area contributed by atoms with Gasteiger partial charge in [0.05, 0.1) is 72.5 Å². The van der Waals surface area contributed by atoms with Gasteiger partial charge in [-0.25, -0.2) is 0 Å². The van der Waals surface area contributed by atoms with Gasteiger partial charge in [-0.15, -0.1) is 0 Å². The Morgan fingerprint density at radius 1 is 0.442 bits per heavy atom. The summed E-state index contributed by atoms with van der Waals surface area (Å²) in [4.78, 5) is 148. The van der Waals surface area contributed by atoms with Crippen LogP contribution in [-0.4, -0.2) is 270 Å². The van der Waals surface area contributed by atoms with Gasteiger partial charge < -0.3 is 71.3 Å². The summed E-state index contributed by atoms with van der Waals surface area (Å²) in [5, 5.41) is 25.1. The van der Waals surface area contributed by atoms with Crippen LogP contribution in [0.25, 0.3) is 0 Å². The summed E-state index contributed by atoms with van der Waals surface area (Å²) in [5.41, 5.74) is 3.02. The first-order valence-corrected chi connectivity index (χ1v) is 43.6. The fourth-order valence-electron chi connectivity index (χ4n) is 16.4. The van der Waals surface area contributed by atoms with Gasteiger partial charge in [0, 0.05) is 78.8 Å². The molecule has 0 aliphatic carbocycles. The second-order valence-electron chi connectivity index (χ2n) is 33.3. The molecule has 28 heteroatoms. The highest BCUT2D eigenvalue weighted by atomic mass is 32.2. The molecule has 26 nitrogen and oxygen atoms in total. The van der Waals surface area contributed by atoms with Crippen LogP contribution in [0.15, 0.2) is 48.5 Å². The number of anilines is 2. The summed E-state index contributed by atoms with van der Waals surface area (Å²) in [6, 6.07) is 7.96. The molecule has 2 aliphatic rings. The number of hydrogen-bond donors (Lipinski definition) is 8. The normalized spacial score (nSPS) is 20.2. The monoisotopic (exact) mass is 1620 g/mol.